The molecule has 1 aromatic rings. The first kappa shape index (κ1) is 28.2. The van der Waals surface area contributed by atoms with Crippen LogP contribution in [0.5, 0.6) is 0 Å². The molecule has 0 aromatic heterocycles. The summed E-state index contributed by atoms with van der Waals surface area (Å²) < 4.78 is 54.5. The van der Waals surface area contributed by atoms with Crippen LogP contribution in [0.25, 0.3) is 0 Å². The Morgan fingerprint density at radius 2 is 1.95 bits per heavy atom. The Hall–Kier alpha value is -3.41. The van der Waals surface area contributed by atoms with E-state index in [2.05, 4.69) is 5.32 Å². The number of alkyl halides is 3. The molecule has 200 valence electrons. The van der Waals surface area contributed by atoms with Gasteiger partial charge in [-0.3, -0.25) is 14.4 Å². The Labute approximate surface area is 215 Å². The second-order valence-electron chi connectivity index (χ2n) is 8.81. The molecule has 37 heavy (non-hydrogen) atoms. The summed E-state index contributed by atoms with van der Waals surface area (Å²) in [5.41, 5.74) is 3.92. The number of nitrogens with two attached hydrogens (primary N) is 1. The van der Waals surface area contributed by atoms with Gasteiger partial charge in [-0.1, -0.05) is 24.6 Å². The number of piperazine rings is 1. The zero-order valence-electron chi connectivity index (χ0n) is 19.9. The molecule has 1 saturated carbocycles. The molecule has 2 fully saturated rings. The van der Waals surface area contributed by atoms with Crippen molar-refractivity contribution in [3.05, 3.63) is 58.1 Å². The molecule has 1 aliphatic heterocycles. The van der Waals surface area contributed by atoms with Crippen molar-refractivity contribution >= 4 is 35.5 Å². The van der Waals surface area contributed by atoms with Gasteiger partial charge in [0, 0.05) is 32.0 Å². The molecule has 4 N–H and O–H groups in total. The van der Waals surface area contributed by atoms with E-state index in [9.17, 15) is 31.9 Å². The average Bonchev–Trinajstić information content (AvgIpc) is 3.69. The molecule has 0 spiro atoms. The smallest absolute Gasteiger partial charge is 0.403 e. The third-order valence-corrected chi connectivity index (χ3v) is 6.81. The predicted octanol–water partition coefficient (Wildman–Crippen LogP) is 3.44. The number of nitrogens with zero attached hydrogens (tertiary/aromatic N) is 2. The number of allylic oxidation sites excluding steroid dienone is 2. The number of amides is 3. The number of carbonyl (C=O) groups excluding carboxylic acids is 3. The lowest BCUT2D eigenvalue weighted by molar-refractivity contribution is -0.200. The van der Waals surface area contributed by atoms with Gasteiger partial charge in [-0.25, -0.2) is 4.39 Å². The predicted molar refractivity (Wildman–Crippen MR) is 128 cm³/mol. The van der Waals surface area contributed by atoms with Crippen molar-refractivity contribution in [2.45, 2.75) is 38.4 Å². The van der Waals surface area contributed by atoms with Gasteiger partial charge >= 0.3 is 18.0 Å². The van der Waals surface area contributed by atoms with Crippen molar-refractivity contribution in [1.29, 1.82) is 5.41 Å². The fraction of sp³-hybridized carbons (Fsp3) is 0.417. The number of halogens is 5. The van der Waals surface area contributed by atoms with Crippen LogP contribution in [0.15, 0.2) is 41.7 Å². The van der Waals surface area contributed by atoms with Crippen LogP contribution >= 0.6 is 11.6 Å². The number of hydrogen-bond acceptors (Lipinski definition) is 5. The highest BCUT2D eigenvalue weighted by atomic mass is 35.5. The van der Waals surface area contributed by atoms with E-state index in [1.807, 2.05) is 0 Å². The molecule has 0 bridgehead atoms. The van der Waals surface area contributed by atoms with Gasteiger partial charge in [-0.05, 0) is 48.6 Å². The van der Waals surface area contributed by atoms with Gasteiger partial charge in [0.05, 0.1) is 16.8 Å². The summed E-state index contributed by atoms with van der Waals surface area (Å²) in [4.78, 5) is 40.9. The molecule has 1 atom stereocenters. The van der Waals surface area contributed by atoms with Gasteiger partial charge < -0.3 is 26.3 Å². The normalized spacial score (nSPS) is 19.9. The van der Waals surface area contributed by atoms with Gasteiger partial charge in [0.15, 0.2) is 0 Å². The van der Waals surface area contributed by atoms with E-state index in [4.69, 9.17) is 22.7 Å². The van der Waals surface area contributed by atoms with Gasteiger partial charge in [0.2, 0.25) is 5.91 Å². The minimum atomic E-state index is -4.71. The average molecular weight is 544 g/mol. The van der Waals surface area contributed by atoms with Crippen LogP contribution in [0, 0.1) is 16.6 Å². The molecule has 0 radical (unpaired) electrons. The largest absolute Gasteiger partial charge is 0.403 e. The molecule has 1 aliphatic carbocycles. The van der Waals surface area contributed by atoms with Crippen LogP contribution in [-0.2, 0) is 14.4 Å². The summed E-state index contributed by atoms with van der Waals surface area (Å²) in [5, 5.41) is 9.43. The van der Waals surface area contributed by atoms with Crippen molar-refractivity contribution in [3.8, 4) is 0 Å². The molecular weight excluding hydrogens is 518 g/mol. The molecule has 3 rings (SSSR count). The highest BCUT2D eigenvalue weighted by Gasteiger charge is 2.69. The standard InChI is InChI=1S/C24H26ClF4N5O3/c1-2-14(11-30)9-16(12-31)32-20(35)21(36)34-8-7-33(22(37)23(5-6-23)24(27,28)29)13-19(34)15-3-4-18(26)17(25)10-15/h3-4,9-12,19,30H,2,5-8,13,31H2,1H3,(H,32,35)/b14-9-,16-12+,30-11?/t19-/m0/s1. The monoisotopic (exact) mass is 543 g/mol. The van der Waals surface area contributed by atoms with Gasteiger partial charge in [-0.2, -0.15) is 13.2 Å². The van der Waals surface area contributed by atoms with Crippen LogP contribution in [0.3, 0.4) is 0 Å². The van der Waals surface area contributed by atoms with Gasteiger partial charge in [0.25, 0.3) is 0 Å². The van der Waals surface area contributed by atoms with Crippen molar-refractivity contribution in [3.63, 3.8) is 0 Å². The first-order valence-corrected chi connectivity index (χ1v) is 11.8. The highest BCUT2D eigenvalue weighted by molar-refractivity contribution is 6.35. The van der Waals surface area contributed by atoms with E-state index in [1.54, 1.807) is 6.92 Å². The van der Waals surface area contributed by atoms with Gasteiger partial charge in [0.1, 0.15) is 11.2 Å². The molecule has 1 saturated heterocycles. The van der Waals surface area contributed by atoms with Crippen LogP contribution in [0.4, 0.5) is 17.6 Å². The molecular formula is C24H26ClF4N5O3. The molecule has 2 aliphatic rings. The summed E-state index contributed by atoms with van der Waals surface area (Å²) in [6, 6.07) is 2.46. The maximum Gasteiger partial charge on any atom is 0.403 e. The number of carbonyl (C=O) groups is 3. The zero-order valence-corrected chi connectivity index (χ0v) is 20.6. The Morgan fingerprint density at radius 3 is 2.46 bits per heavy atom. The number of nitrogens with one attached hydrogen (secondary N) is 2. The lowest BCUT2D eigenvalue weighted by Gasteiger charge is -2.42. The van der Waals surface area contributed by atoms with Crippen LogP contribution in [0.2, 0.25) is 5.02 Å². The Balaban J connectivity index is 1.88. The lowest BCUT2D eigenvalue weighted by Crippen LogP contribution is -2.57. The summed E-state index contributed by atoms with van der Waals surface area (Å²) in [5.74, 6) is -3.95. The molecule has 1 aromatic carbocycles. The van der Waals surface area contributed by atoms with Crippen molar-refractivity contribution in [2.24, 2.45) is 11.1 Å². The number of benzene rings is 1. The van der Waals surface area contributed by atoms with E-state index in [1.165, 1.54) is 18.2 Å². The Morgan fingerprint density at radius 1 is 1.27 bits per heavy atom. The van der Waals surface area contributed by atoms with E-state index in [0.29, 0.717) is 12.0 Å². The summed E-state index contributed by atoms with van der Waals surface area (Å²) in [6.07, 6.45) is -1.36. The summed E-state index contributed by atoms with van der Waals surface area (Å²) >= 11 is 5.89. The SMILES string of the molecule is CC/C(C=N)=C/C(=C\N)NC(=O)C(=O)N1CCN(C(=O)C2(C(F)(F)F)CC2)C[C@H]1c1ccc(F)c(Cl)c1. The fourth-order valence-corrected chi connectivity index (χ4v) is 4.34. The Kier molecular flexibility index (Phi) is 8.31. The maximum atomic E-state index is 13.8. The minimum absolute atomic E-state index is 0.0646. The molecule has 3 amide bonds. The fourth-order valence-electron chi connectivity index (χ4n) is 4.15. The lowest BCUT2D eigenvalue weighted by atomic mass is 9.98. The van der Waals surface area contributed by atoms with E-state index >= 15 is 0 Å². The van der Waals surface area contributed by atoms with Gasteiger partial charge in [-0.15, -0.1) is 0 Å². The molecule has 13 heteroatoms. The molecule has 1 heterocycles. The summed E-state index contributed by atoms with van der Waals surface area (Å²) in [7, 11) is 0. The molecule has 8 nitrogen and oxygen atoms in total. The number of hydrogen-bond donors (Lipinski definition) is 3. The third kappa shape index (κ3) is 5.79. The van der Waals surface area contributed by atoms with Crippen molar-refractivity contribution in [1.82, 2.24) is 15.1 Å². The topological polar surface area (TPSA) is 120 Å². The van der Waals surface area contributed by atoms with E-state index in [-0.39, 0.29) is 48.8 Å². The van der Waals surface area contributed by atoms with Crippen LogP contribution in [-0.4, -0.2) is 59.5 Å². The Bertz CT molecular complexity index is 1160. The zero-order chi connectivity index (χ0) is 27.5. The van der Waals surface area contributed by atoms with Crippen molar-refractivity contribution in [2.75, 3.05) is 19.6 Å². The van der Waals surface area contributed by atoms with Crippen molar-refractivity contribution < 1.29 is 31.9 Å². The van der Waals surface area contributed by atoms with Crippen LogP contribution < -0.4 is 11.1 Å². The minimum Gasteiger partial charge on any atom is -0.403 e. The first-order chi connectivity index (χ1) is 17.4. The third-order valence-electron chi connectivity index (χ3n) is 6.53. The highest BCUT2D eigenvalue weighted by Crippen LogP contribution is 2.58. The van der Waals surface area contributed by atoms with E-state index < -0.39 is 41.2 Å². The summed E-state index contributed by atoms with van der Waals surface area (Å²) in [6.45, 7) is 0.963. The second kappa shape index (κ2) is 10.9. The second-order valence-corrected chi connectivity index (χ2v) is 9.22. The molecule has 0 unspecified atom stereocenters. The maximum absolute atomic E-state index is 13.8. The van der Waals surface area contributed by atoms with E-state index in [0.717, 1.165) is 28.3 Å². The first-order valence-electron chi connectivity index (χ1n) is 11.4. The van der Waals surface area contributed by atoms with Crippen LogP contribution in [0.1, 0.15) is 37.8 Å². The number of rotatable bonds is 6. The quantitative estimate of drug-likeness (QED) is 0.220.